The minimum atomic E-state index is -0.635. The SMILES string of the molecule is COc1ccc2nccc(C(O)CN3CCN(C(=O)CC=Cc4ccccc4)CC3)c2c1. The van der Waals surface area contributed by atoms with E-state index in [0.29, 0.717) is 26.1 Å². The van der Waals surface area contributed by atoms with Crippen LogP contribution in [0.2, 0.25) is 0 Å². The quantitative estimate of drug-likeness (QED) is 0.620. The number of pyridine rings is 1. The molecule has 0 saturated carbocycles. The average molecular weight is 432 g/mol. The molecule has 0 aliphatic carbocycles. The second kappa shape index (κ2) is 10.4. The smallest absolute Gasteiger partial charge is 0.226 e. The van der Waals surface area contributed by atoms with E-state index in [1.54, 1.807) is 13.3 Å². The molecule has 6 heteroatoms. The molecule has 1 saturated heterocycles. The second-order valence-electron chi connectivity index (χ2n) is 8.00. The van der Waals surface area contributed by atoms with Crippen LogP contribution in [-0.4, -0.2) is 65.6 Å². The molecular weight excluding hydrogens is 402 g/mol. The highest BCUT2D eigenvalue weighted by molar-refractivity contribution is 5.84. The zero-order valence-electron chi connectivity index (χ0n) is 18.4. The Labute approximate surface area is 188 Å². The van der Waals surface area contributed by atoms with Gasteiger partial charge in [-0.3, -0.25) is 14.7 Å². The van der Waals surface area contributed by atoms with E-state index in [-0.39, 0.29) is 5.91 Å². The van der Waals surface area contributed by atoms with Gasteiger partial charge in [0.05, 0.1) is 18.7 Å². The van der Waals surface area contributed by atoms with Crippen molar-refractivity contribution >= 4 is 22.9 Å². The van der Waals surface area contributed by atoms with Crippen LogP contribution >= 0.6 is 0 Å². The van der Waals surface area contributed by atoms with E-state index < -0.39 is 6.10 Å². The minimum absolute atomic E-state index is 0.143. The molecule has 2 aromatic carbocycles. The zero-order valence-corrected chi connectivity index (χ0v) is 18.4. The number of amides is 1. The van der Waals surface area contributed by atoms with Gasteiger partial charge in [0, 0.05) is 50.7 Å². The third-order valence-corrected chi connectivity index (χ3v) is 5.90. The lowest BCUT2D eigenvalue weighted by Gasteiger charge is -2.35. The van der Waals surface area contributed by atoms with Crippen LogP contribution in [0.5, 0.6) is 5.75 Å². The monoisotopic (exact) mass is 431 g/mol. The van der Waals surface area contributed by atoms with Crippen molar-refractivity contribution in [1.82, 2.24) is 14.8 Å². The first kappa shape index (κ1) is 22.0. The number of ether oxygens (including phenoxy) is 1. The topological polar surface area (TPSA) is 65.9 Å². The van der Waals surface area contributed by atoms with E-state index in [1.165, 1.54) is 0 Å². The lowest BCUT2D eigenvalue weighted by atomic mass is 10.0. The summed E-state index contributed by atoms with van der Waals surface area (Å²) in [5.74, 6) is 0.886. The van der Waals surface area contributed by atoms with Gasteiger partial charge >= 0.3 is 0 Å². The summed E-state index contributed by atoms with van der Waals surface area (Å²) in [5.41, 5.74) is 2.78. The van der Waals surface area contributed by atoms with Crippen LogP contribution in [0.25, 0.3) is 17.0 Å². The first-order valence-electron chi connectivity index (χ1n) is 11.0. The summed E-state index contributed by atoms with van der Waals surface area (Å²) < 4.78 is 5.33. The van der Waals surface area contributed by atoms with Gasteiger partial charge in [0.1, 0.15) is 5.75 Å². The van der Waals surface area contributed by atoms with Crippen molar-refractivity contribution < 1.29 is 14.6 Å². The summed E-state index contributed by atoms with van der Waals surface area (Å²) in [6, 6.07) is 17.6. The van der Waals surface area contributed by atoms with Gasteiger partial charge in [-0.25, -0.2) is 0 Å². The number of fused-ring (bicyclic) bond motifs is 1. The molecule has 1 aliphatic rings. The van der Waals surface area contributed by atoms with Crippen LogP contribution in [-0.2, 0) is 4.79 Å². The molecule has 1 aromatic heterocycles. The number of aliphatic hydroxyl groups excluding tert-OH is 1. The number of rotatable bonds is 7. The number of β-amino-alcohol motifs (C(OH)–C–C–N with tert-alkyl or cyclic N) is 1. The van der Waals surface area contributed by atoms with Gasteiger partial charge in [0.2, 0.25) is 5.91 Å². The molecular formula is C26H29N3O3. The van der Waals surface area contributed by atoms with Crippen LogP contribution in [0.4, 0.5) is 0 Å². The van der Waals surface area contributed by atoms with Crippen molar-refractivity contribution in [2.75, 3.05) is 39.8 Å². The molecule has 1 amide bonds. The number of hydrogen-bond acceptors (Lipinski definition) is 5. The van der Waals surface area contributed by atoms with Crippen LogP contribution in [0.15, 0.2) is 66.9 Å². The van der Waals surface area contributed by atoms with E-state index in [4.69, 9.17) is 4.74 Å². The number of carbonyl (C=O) groups excluding carboxylic acids is 1. The predicted molar refractivity (Wildman–Crippen MR) is 126 cm³/mol. The third-order valence-electron chi connectivity index (χ3n) is 5.90. The lowest BCUT2D eigenvalue weighted by molar-refractivity contribution is -0.132. The molecule has 6 nitrogen and oxygen atoms in total. The van der Waals surface area contributed by atoms with Crippen molar-refractivity contribution in [2.45, 2.75) is 12.5 Å². The van der Waals surface area contributed by atoms with Crippen molar-refractivity contribution in [3.05, 3.63) is 78.0 Å². The van der Waals surface area contributed by atoms with Crippen molar-refractivity contribution in [3.8, 4) is 5.75 Å². The van der Waals surface area contributed by atoms with Crippen LogP contribution in [0.1, 0.15) is 23.7 Å². The van der Waals surface area contributed by atoms with Crippen LogP contribution in [0.3, 0.4) is 0 Å². The van der Waals surface area contributed by atoms with E-state index in [0.717, 1.165) is 40.9 Å². The fourth-order valence-electron chi connectivity index (χ4n) is 4.08. The Bertz CT molecular complexity index is 1080. The molecule has 166 valence electrons. The largest absolute Gasteiger partial charge is 0.497 e. The summed E-state index contributed by atoms with van der Waals surface area (Å²) in [7, 11) is 1.63. The summed E-state index contributed by atoms with van der Waals surface area (Å²) in [5, 5.41) is 11.8. The number of nitrogens with zero attached hydrogens (tertiary/aromatic N) is 3. The molecule has 1 N–H and O–H groups in total. The van der Waals surface area contributed by atoms with Crippen molar-refractivity contribution in [2.24, 2.45) is 0 Å². The fourth-order valence-corrected chi connectivity index (χ4v) is 4.08. The van der Waals surface area contributed by atoms with Crippen molar-refractivity contribution in [1.29, 1.82) is 0 Å². The summed E-state index contributed by atoms with van der Waals surface area (Å²) in [4.78, 5) is 21.0. The Balaban J connectivity index is 1.31. The zero-order chi connectivity index (χ0) is 22.3. The number of carbonyl (C=O) groups is 1. The second-order valence-corrected chi connectivity index (χ2v) is 8.00. The Hall–Kier alpha value is -3.22. The number of hydrogen-bond donors (Lipinski definition) is 1. The van der Waals surface area contributed by atoms with E-state index >= 15 is 0 Å². The Morgan fingerprint density at radius 1 is 1.12 bits per heavy atom. The molecule has 0 spiro atoms. The number of aliphatic hydroxyl groups is 1. The molecule has 1 aliphatic heterocycles. The molecule has 1 atom stereocenters. The standard InChI is InChI=1S/C26H29N3O3/c1-32-21-10-11-24-23(18-21)22(12-13-27-24)25(30)19-28-14-16-29(17-15-28)26(31)9-5-8-20-6-3-2-4-7-20/h2-8,10-13,18,25,30H,9,14-17,19H2,1H3. The van der Waals surface area contributed by atoms with Gasteiger partial charge in [0.15, 0.2) is 0 Å². The summed E-state index contributed by atoms with van der Waals surface area (Å²) in [6.45, 7) is 3.37. The first-order chi connectivity index (χ1) is 15.6. The Kier molecular flexibility index (Phi) is 7.14. The average Bonchev–Trinajstić information content (AvgIpc) is 2.84. The van der Waals surface area contributed by atoms with Gasteiger partial charge in [-0.15, -0.1) is 0 Å². The van der Waals surface area contributed by atoms with E-state index in [2.05, 4.69) is 9.88 Å². The maximum Gasteiger partial charge on any atom is 0.226 e. The highest BCUT2D eigenvalue weighted by Gasteiger charge is 2.23. The number of piperazine rings is 1. The van der Waals surface area contributed by atoms with Crippen molar-refractivity contribution in [3.63, 3.8) is 0 Å². The molecule has 0 bridgehead atoms. The van der Waals surface area contributed by atoms with Crippen LogP contribution in [0, 0.1) is 0 Å². The molecule has 1 fully saturated rings. The van der Waals surface area contributed by atoms with Crippen LogP contribution < -0.4 is 4.74 Å². The normalized spacial score (nSPS) is 15.9. The number of methoxy groups -OCH3 is 1. The Morgan fingerprint density at radius 2 is 1.91 bits per heavy atom. The van der Waals surface area contributed by atoms with E-state index in [1.807, 2.05) is 71.6 Å². The van der Waals surface area contributed by atoms with Gasteiger partial charge in [-0.05, 0) is 35.4 Å². The van der Waals surface area contributed by atoms with Gasteiger partial charge in [0.25, 0.3) is 0 Å². The fraction of sp³-hybridized carbons (Fsp3) is 0.308. The Morgan fingerprint density at radius 3 is 2.66 bits per heavy atom. The summed E-state index contributed by atoms with van der Waals surface area (Å²) in [6.07, 6.45) is 5.41. The van der Waals surface area contributed by atoms with E-state index in [9.17, 15) is 9.90 Å². The number of aromatic nitrogens is 1. The molecule has 4 rings (SSSR count). The van der Waals surface area contributed by atoms with Gasteiger partial charge < -0.3 is 14.7 Å². The highest BCUT2D eigenvalue weighted by atomic mass is 16.5. The molecule has 0 radical (unpaired) electrons. The minimum Gasteiger partial charge on any atom is -0.497 e. The molecule has 2 heterocycles. The predicted octanol–water partition coefficient (Wildman–Crippen LogP) is 3.52. The molecule has 1 unspecified atom stereocenters. The maximum absolute atomic E-state index is 12.5. The molecule has 32 heavy (non-hydrogen) atoms. The van der Waals surface area contributed by atoms with Gasteiger partial charge in [-0.2, -0.15) is 0 Å². The molecule has 3 aromatic rings. The number of benzene rings is 2. The maximum atomic E-state index is 12.5. The lowest BCUT2D eigenvalue weighted by Crippen LogP contribution is -2.49. The third kappa shape index (κ3) is 5.33. The van der Waals surface area contributed by atoms with Gasteiger partial charge in [-0.1, -0.05) is 42.5 Å². The highest BCUT2D eigenvalue weighted by Crippen LogP contribution is 2.27. The summed E-state index contributed by atoms with van der Waals surface area (Å²) >= 11 is 0. The first-order valence-corrected chi connectivity index (χ1v) is 11.0.